The topological polar surface area (TPSA) is 26.0 Å². The zero-order chi connectivity index (χ0) is 18.0. The Morgan fingerprint density at radius 2 is 1.41 bits per heavy atom. The predicted molar refractivity (Wildman–Crippen MR) is 122 cm³/mol. The molecule has 6 aromatic rings. The molecule has 0 bridgehead atoms. The Morgan fingerprint density at radius 3 is 2.33 bits per heavy atom. The van der Waals surface area contributed by atoms with Gasteiger partial charge in [0.1, 0.15) is 0 Å². The molecule has 0 saturated heterocycles. The summed E-state index contributed by atoms with van der Waals surface area (Å²) in [6, 6.07) is 28.1. The van der Waals surface area contributed by atoms with E-state index in [1.807, 2.05) is 34.8 Å². The van der Waals surface area contributed by atoms with Crippen LogP contribution in [0.1, 0.15) is 0 Å². The molecule has 0 aliphatic heterocycles. The van der Waals surface area contributed by atoms with E-state index in [0.29, 0.717) is 0 Å². The molecule has 4 aromatic carbocycles. The van der Waals surface area contributed by atoms with Gasteiger partial charge in [0, 0.05) is 46.0 Å². The highest BCUT2D eigenvalue weighted by molar-refractivity contribution is 7.29. The van der Waals surface area contributed by atoms with E-state index >= 15 is 0 Å². The fourth-order valence-corrected chi connectivity index (χ4v) is 6.49. The average molecular weight is 382 g/mol. The van der Waals surface area contributed by atoms with Crippen molar-refractivity contribution in [1.82, 2.24) is 0 Å². The molecule has 27 heavy (non-hydrogen) atoms. The van der Waals surface area contributed by atoms with Crippen LogP contribution in [0.2, 0.25) is 0 Å². The van der Waals surface area contributed by atoms with Gasteiger partial charge in [0.25, 0.3) is 0 Å². The smallest absolute Gasteiger partial charge is 0.0448 e. The molecule has 0 saturated carbocycles. The molecule has 6 rings (SSSR count). The Morgan fingerprint density at radius 1 is 0.593 bits per heavy atom. The zero-order valence-electron chi connectivity index (χ0n) is 14.4. The van der Waals surface area contributed by atoms with Gasteiger partial charge in [-0.2, -0.15) is 0 Å². The number of hydrogen-bond acceptors (Lipinski definition) is 3. The van der Waals surface area contributed by atoms with Crippen LogP contribution in [0, 0.1) is 0 Å². The minimum atomic E-state index is 0.802. The summed E-state index contributed by atoms with van der Waals surface area (Å²) in [6.07, 6.45) is 0. The van der Waals surface area contributed by atoms with Gasteiger partial charge in [-0.25, -0.2) is 0 Å². The summed E-state index contributed by atoms with van der Waals surface area (Å²) in [5.41, 5.74) is 9.32. The lowest BCUT2D eigenvalue weighted by molar-refractivity contribution is 1.65. The van der Waals surface area contributed by atoms with Gasteiger partial charge >= 0.3 is 0 Å². The molecular weight excluding hydrogens is 366 g/mol. The Kier molecular flexibility index (Phi) is 3.13. The molecule has 0 aliphatic carbocycles. The maximum Gasteiger partial charge on any atom is 0.0448 e. The van der Waals surface area contributed by atoms with Crippen LogP contribution >= 0.6 is 22.7 Å². The Bertz CT molecular complexity index is 1490. The van der Waals surface area contributed by atoms with Gasteiger partial charge < -0.3 is 5.73 Å². The standard InChI is InChI=1S/C24H15NS2/c25-15-6-3-5-14(13-15)16-8-4-10-20-22(16)23-21(26-20)12-11-18-17-7-1-2-9-19(17)27-24(18)23/h1-13H,25H2. The molecule has 0 spiro atoms. The lowest BCUT2D eigenvalue weighted by Crippen LogP contribution is -1.85. The lowest BCUT2D eigenvalue weighted by atomic mass is 9.98. The second-order valence-electron chi connectivity index (χ2n) is 6.82. The number of rotatable bonds is 1. The first-order valence-corrected chi connectivity index (χ1v) is 10.5. The largest absolute Gasteiger partial charge is 0.399 e. The van der Waals surface area contributed by atoms with Crippen LogP contribution in [0.3, 0.4) is 0 Å². The molecule has 0 atom stereocenters. The van der Waals surface area contributed by atoms with Gasteiger partial charge in [-0.05, 0) is 41.5 Å². The lowest BCUT2D eigenvalue weighted by Gasteiger charge is -2.06. The second kappa shape index (κ2) is 5.56. The minimum Gasteiger partial charge on any atom is -0.399 e. The molecule has 3 heteroatoms. The molecule has 0 radical (unpaired) electrons. The van der Waals surface area contributed by atoms with Gasteiger partial charge in [-0.15, -0.1) is 22.7 Å². The highest BCUT2D eigenvalue weighted by Crippen LogP contribution is 2.47. The average Bonchev–Trinajstić information content (AvgIpc) is 3.25. The molecule has 128 valence electrons. The summed E-state index contributed by atoms with van der Waals surface area (Å²) in [4.78, 5) is 0. The minimum absolute atomic E-state index is 0.802. The number of benzene rings is 4. The first-order valence-electron chi connectivity index (χ1n) is 8.91. The number of anilines is 1. The normalized spacial score (nSPS) is 11.9. The summed E-state index contributed by atoms with van der Waals surface area (Å²) in [7, 11) is 0. The Balaban J connectivity index is 1.84. The fraction of sp³-hybridized carbons (Fsp3) is 0. The second-order valence-corrected chi connectivity index (χ2v) is 8.96. The predicted octanol–water partition coefficient (Wildman–Crippen LogP) is 7.67. The number of thiophene rings is 2. The number of nitrogen functional groups attached to an aromatic ring is 1. The Labute approximate surface area is 164 Å². The van der Waals surface area contributed by atoms with Crippen molar-refractivity contribution >= 4 is 68.7 Å². The van der Waals surface area contributed by atoms with Gasteiger partial charge in [0.2, 0.25) is 0 Å². The molecule has 0 fully saturated rings. The van der Waals surface area contributed by atoms with Gasteiger partial charge in [-0.1, -0.05) is 48.5 Å². The number of nitrogens with two attached hydrogens (primary N) is 1. The van der Waals surface area contributed by atoms with Crippen LogP contribution in [0.15, 0.2) is 78.9 Å². The van der Waals surface area contributed by atoms with Crippen LogP contribution < -0.4 is 5.73 Å². The SMILES string of the molecule is Nc1cccc(-c2cccc3sc4ccc5c6ccccc6sc5c4c23)c1. The van der Waals surface area contributed by atoms with Crippen LogP contribution in [0.4, 0.5) is 5.69 Å². The van der Waals surface area contributed by atoms with E-state index in [4.69, 9.17) is 5.73 Å². The Hall–Kier alpha value is -2.88. The van der Waals surface area contributed by atoms with E-state index in [9.17, 15) is 0 Å². The maximum atomic E-state index is 6.07. The quantitative estimate of drug-likeness (QED) is 0.290. The van der Waals surface area contributed by atoms with E-state index in [1.165, 1.54) is 51.5 Å². The maximum absolute atomic E-state index is 6.07. The van der Waals surface area contributed by atoms with E-state index in [0.717, 1.165) is 5.69 Å². The van der Waals surface area contributed by atoms with Crippen molar-refractivity contribution in [2.45, 2.75) is 0 Å². The van der Waals surface area contributed by atoms with E-state index in [-0.39, 0.29) is 0 Å². The van der Waals surface area contributed by atoms with Crippen molar-refractivity contribution in [3.63, 3.8) is 0 Å². The van der Waals surface area contributed by atoms with Gasteiger partial charge in [0.05, 0.1) is 0 Å². The van der Waals surface area contributed by atoms with Crippen molar-refractivity contribution in [3.8, 4) is 11.1 Å². The first-order chi connectivity index (χ1) is 13.3. The molecule has 0 aliphatic rings. The van der Waals surface area contributed by atoms with Crippen LogP contribution in [-0.4, -0.2) is 0 Å². The highest BCUT2D eigenvalue weighted by atomic mass is 32.1. The highest BCUT2D eigenvalue weighted by Gasteiger charge is 2.16. The monoisotopic (exact) mass is 381 g/mol. The first kappa shape index (κ1) is 15.2. The van der Waals surface area contributed by atoms with Crippen molar-refractivity contribution in [2.24, 2.45) is 0 Å². The molecule has 1 nitrogen and oxygen atoms in total. The number of fused-ring (bicyclic) bond motifs is 7. The fourth-order valence-electron chi connectivity index (χ4n) is 4.03. The summed E-state index contributed by atoms with van der Waals surface area (Å²) in [5, 5.41) is 5.43. The van der Waals surface area contributed by atoms with Crippen molar-refractivity contribution in [2.75, 3.05) is 5.73 Å². The summed E-state index contributed by atoms with van der Waals surface area (Å²) in [6.45, 7) is 0. The van der Waals surface area contributed by atoms with Crippen LogP contribution in [0.25, 0.3) is 51.5 Å². The van der Waals surface area contributed by atoms with Crippen molar-refractivity contribution in [1.29, 1.82) is 0 Å². The van der Waals surface area contributed by atoms with E-state index < -0.39 is 0 Å². The van der Waals surface area contributed by atoms with Crippen molar-refractivity contribution < 1.29 is 0 Å². The third-order valence-electron chi connectivity index (χ3n) is 5.20. The molecule has 2 N–H and O–H groups in total. The summed E-state index contributed by atoms with van der Waals surface area (Å²) >= 11 is 3.77. The molecule has 0 amide bonds. The van der Waals surface area contributed by atoms with Gasteiger partial charge in [-0.3, -0.25) is 0 Å². The zero-order valence-corrected chi connectivity index (χ0v) is 16.0. The molecule has 2 aromatic heterocycles. The summed E-state index contributed by atoms with van der Waals surface area (Å²) in [5.74, 6) is 0. The van der Waals surface area contributed by atoms with E-state index in [1.54, 1.807) is 0 Å². The summed E-state index contributed by atoms with van der Waals surface area (Å²) < 4.78 is 5.41. The molecule has 0 unspecified atom stereocenters. The van der Waals surface area contributed by atoms with Crippen LogP contribution in [-0.2, 0) is 0 Å². The van der Waals surface area contributed by atoms with Crippen LogP contribution in [0.5, 0.6) is 0 Å². The molecular formula is C24H15NS2. The molecule has 2 heterocycles. The van der Waals surface area contributed by atoms with Crippen molar-refractivity contribution in [3.05, 3.63) is 78.9 Å². The van der Waals surface area contributed by atoms with Gasteiger partial charge in [0.15, 0.2) is 0 Å². The van der Waals surface area contributed by atoms with E-state index in [2.05, 4.69) is 66.7 Å². The third kappa shape index (κ3) is 2.16. The third-order valence-corrected chi connectivity index (χ3v) is 7.53. The number of hydrogen-bond donors (Lipinski definition) is 1.